The largest absolute Gasteiger partial charge is 0.394 e. The van der Waals surface area contributed by atoms with Crippen molar-refractivity contribution < 1.29 is 23.9 Å². The summed E-state index contributed by atoms with van der Waals surface area (Å²) in [5, 5.41) is 9.86. The van der Waals surface area contributed by atoms with E-state index < -0.39 is 30.2 Å². The number of aliphatic hydroxyl groups is 1. The molecule has 1 aliphatic rings. The summed E-state index contributed by atoms with van der Waals surface area (Å²) < 4.78 is 14.2. The molecule has 2 heterocycles. The summed E-state index contributed by atoms with van der Waals surface area (Å²) in [6, 6.07) is 12.3. The SMILES string of the molecule is O=C(C(=O)N1CCN(C(=O)c2ccccc2)CC1CO)c1c[nH]c2cccc(F)c12. The van der Waals surface area contributed by atoms with Crippen molar-refractivity contribution in [1.29, 1.82) is 0 Å². The molecule has 1 fully saturated rings. The molecule has 0 aliphatic carbocycles. The van der Waals surface area contributed by atoms with Crippen molar-refractivity contribution in [2.24, 2.45) is 0 Å². The lowest BCUT2D eigenvalue weighted by atomic mass is 10.1. The van der Waals surface area contributed by atoms with Gasteiger partial charge < -0.3 is 19.9 Å². The Kier molecular flexibility index (Phi) is 5.33. The van der Waals surface area contributed by atoms with Gasteiger partial charge in [-0.05, 0) is 24.3 Å². The van der Waals surface area contributed by atoms with Crippen LogP contribution in [0.15, 0.2) is 54.7 Å². The van der Waals surface area contributed by atoms with Crippen molar-refractivity contribution in [3.8, 4) is 0 Å². The minimum absolute atomic E-state index is 0.0485. The number of fused-ring (bicyclic) bond motifs is 1. The maximum absolute atomic E-state index is 14.2. The van der Waals surface area contributed by atoms with Gasteiger partial charge >= 0.3 is 0 Å². The zero-order valence-electron chi connectivity index (χ0n) is 16.0. The smallest absolute Gasteiger partial charge is 0.295 e. The van der Waals surface area contributed by atoms with Gasteiger partial charge in [0.1, 0.15) is 5.82 Å². The zero-order chi connectivity index (χ0) is 21.3. The van der Waals surface area contributed by atoms with E-state index in [1.54, 1.807) is 35.2 Å². The number of piperazine rings is 1. The molecule has 0 radical (unpaired) electrons. The van der Waals surface area contributed by atoms with Gasteiger partial charge in [0, 0.05) is 42.3 Å². The Bertz CT molecular complexity index is 1110. The predicted molar refractivity (Wildman–Crippen MR) is 108 cm³/mol. The van der Waals surface area contributed by atoms with Gasteiger partial charge in [-0.25, -0.2) is 4.39 Å². The third kappa shape index (κ3) is 3.46. The van der Waals surface area contributed by atoms with Crippen LogP contribution in [0.5, 0.6) is 0 Å². The predicted octanol–water partition coefficient (Wildman–Crippen LogP) is 1.84. The number of amides is 2. The standard InChI is InChI=1S/C22H20FN3O4/c23-17-7-4-8-18-19(17)16(11-24-18)20(28)22(30)26-10-9-25(12-15(26)13-27)21(29)14-5-2-1-3-6-14/h1-8,11,15,24,27H,9-10,12-13H2. The topological polar surface area (TPSA) is 93.7 Å². The number of carbonyl (C=O) groups excluding carboxylic acids is 3. The van der Waals surface area contributed by atoms with E-state index in [1.807, 2.05) is 6.07 Å². The number of halogens is 1. The van der Waals surface area contributed by atoms with Crippen LogP contribution in [0.4, 0.5) is 4.39 Å². The van der Waals surface area contributed by atoms with Gasteiger partial charge in [-0.2, -0.15) is 0 Å². The Morgan fingerprint density at radius 3 is 2.57 bits per heavy atom. The van der Waals surface area contributed by atoms with E-state index in [9.17, 15) is 23.9 Å². The summed E-state index contributed by atoms with van der Waals surface area (Å²) in [6.07, 6.45) is 1.32. The number of ketones is 1. The molecular weight excluding hydrogens is 389 g/mol. The Balaban J connectivity index is 1.53. The van der Waals surface area contributed by atoms with Crippen LogP contribution in [0.25, 0.3) is 10.9 Å². The van der Waals surface area contributed by atoms with E-state index in [1.165, 1.54) is 23.2 Å². The number of Topliss-reactive ketones (excluding diaryl/α,β-unsaturated/α-hetero) is 1. The molecule has 2 N–H and O–H groups in total. The zero-order valence-corrected chi connectivity index (χ0v) is 16.0. The molecule has 1 atom stereocenters. The molecule has 0 bridgehead atoms. The summed E-state index contributed by atoms with van der Waals surface area (Å²) in [6.45, 7) is 0.0238. The molecule has 1 saturated heterocycles. The van der Waals surface area contributed by atoms with E-state index in [-0.39, 0.29) is 36.5 Å². The monoisotopic (exact) mass is 409 g/mol. The third-order valence-electron chi connectivity index (χ3n) is 5.36. The van der Waals surface area contributed by atoms with Gasteiger partial charge in [0.15, 0.2) is 0 Å². The van der Waals surface area contributed by atoms with Crippen LogP contribution in [-0.2, 0) is 4.79 Å². The lowest BCUT2D eigenvalue weighted by molar-refractivity contribution is -0.131. The maximum atomic E-state index is 14.2. The number of hydrogen-bond acceptors (Lipinski definition) is 4. The fourth-order valence-corrected chi connectivity index (χ4v) is 3.79. The Morgan fingerprint density at radius 1 is 1.07 bits per heavy atom. The number of nitrogens with zero attached hydrogens (tertiary/aromatic N) is 2. The quantitative estimate of drug-likeness (QED) is 0.508. The summed E-state index contributed by atoms with van der Waals surface area (Å²) in [5.74, 6) is -2.48. The molecule has 4 rings (SSSR count). The second kappa shape index (κ2) is 8.08. The Labute approximate surface area is 171 Å². The number of carbonyl (C=O) groups is 3. The number of hydrogen-bond donors (Lipinski definition) is 2. The minimum atomic E-state index is -0.854. The number of benzene rings is 2. The summed E-state index contributed by atoms with van der Waals surface area (Å²) in [4.78, 5) is 44.0. The summed E-state index contributed by atoms with van der Waals surface area (Å²) in [7, 11) is 0. The first-order valence-electron chi connectivity index (χ1n) is 9.57. The maximum Gasteiger partial charge on any atom is 0.295 e. The van der Waals surface area contributed by atoms with Gasteiger partial charge in [-0.1, -0.05) is 24.3 Å². The highest BCUT2D eigenvalue weighted by atomic mass is 19.1. The fourth-order valence-electron chi connectivity index (χ4n) is 3.79. The molecule has 0 saturated carbocycles. The van der Waals surface area contributed by atoms with E-state index in [4.69, 9.17) is 0 Å². The lowest BCUT2D eigenvalue weighted by Gasteiger charge is -2.40. The molecule has 2 aromatic carbocycles. The minimum Gasteiger partial charge on any atom is -0.394 e. The molecule has 154 valence electrons. The molecule has 3 aromatic rings. The molecule has 1 unspecified atom stereocenters. The van der Waals surface area contributed by atoms with Gasteiger partial charge in [-0.3, -0.25) is 14.4 Å². The van der Waals surface area contributed by atoms with Gasteiger partial charge in [0.25, 0.3) is 17.6 Å². The lowest BCUT2D eigenvalue weighted by Crippen LogP contribution is -2.59. The molecule has 2 amide bonds. The second-order valence-corrected chi connectivity index (χ2v) is 7.15. The number of aromatic amines is 1. The summed E-state index contributed by atoms with van der Waals surface area (Å²) >= 11 is 0. The van der Waals surface area contributed by atoms with Gasteiger partial charge in [0.2, 0.25) is 0 Å². The summed E-state index contributed by atoms with van der Waals surface area (Å²) in [5.41, 5.74) is 0.884. The molecule has 0 spiro atoms. The molecule has 1 aliphatic heterocycles. The van der Waals surface area contributed by atoms with Crippen LogP contribution in [0.2, 0.25) is 0 Å². The Hall–Kier alpha value is -3.52. The van der Waals surface area contributed by atoms with Gasteiger partial charge in [-0.15, -0.1) is 0 Å². The first-order chi connectivity index (χ1) is 14.5. The highest BCUT2D eigenvalue weighted by Crippen LogP contribution is 2.23. The van der Waals surface area contributed by atoms with Crippen LogP contribution in [0.1, 0.15) is 20.7 Å². The Morgan fingerprint density at radius 2 is 1.83 bits per heavy atom. The van der Waals surface area contributed by atoms with Gasteiger partial charge in [0.05, 0.1) is 18.2 Å². The molecule has 1 aromatic heterocycles. The third-order valence-corrected chi connectivity index (χ3v) is 5.36. The first-order valence-corrected chi connectivity index (χ1v) is 9.57. The van der Waals surface area contributed by atoms with Crippen molar-refractivity contribution in [3.63, 3.8) is 0 Å². The van der Waals surface area contributed by atoms with E-state index in [2.05, 4.69) is 4.98 Å². The van der Waals surface area contributed by atoms with Crippen LogP contribution in [0, 0.1) is 5.82 Å². The number of H-pyrrole nitrogens is 1. The highest BCUT2D eigenvalue weighted by Gasteiger charge is 2.36. The van der Waals surface area contributed by atoms with E-state index >= 15 is 0 Å². The van der Waals surface area contributed by atoms with Crippen LogP contribution in [-0.4, -0.2) is 69.8 Å². The van der Waals surface area contributed by atoms with Crippen LogP contribution in [0.3, 0.4) is 0 Å². The number of aromatic nitrogens is 1. The van der Waals surface area contributed by atoms with Crippen molar-refractivity contribution in [2.45, 2.75) is 6.04 Å². The number of rotatable bonds is 4. The highest BCUT2D eigenvalue weighted by molar-refractivity contribution is 6.45. The average Bonchev–Trinajstić information content (AvgIpc) is 3.23. The number of nitrogens with one attached hydrogen (secondary N) is 1. The van der Waals surface area contributed by atoms with Crippen molar-refractivity contribution >= 4 is 28.5 Å². The van der Waals surface area contributed by atoms with Crippen molar-refractivity contribution in [2.75, 3.05) is 26.2 Å². The second-order valence-electron chi connectivity index (χ2n) is 7.15. The molecule has 30 heavy (non-hydrogen) atoms. The molecule has 8 heteroatoms. The average molecular weight is 409 g/mol. The van der Waals surface area contributed by atoms with Crippen molar-refractivity contribution in [1.82, 2.24) is 14.8 Å². The van der Waals surface area contributed by atoms with E-state index in [0.717, 1.165) is 0 Å². The van der Waals surface area contributed by atoms with E-state index in [0.29, 0.717) is 11.1 Å². The van der Waals surface area contributed by atoms with Crippen LogP contribution >= 0.6 is 0 Å². The fraction of sp³-hybridized carbons (Fsp3) is 0.227. The van der Waals surface area contributed by atoms with Crippen molar-refractivity contribution in [3.05, 3.63) is 71.7 Å². The van der Waals surface area contributed by atoms with Crippen LogP contribution < -0.4 is 0 Å². The molecule has 7 nitrogen and oxygen atoms in total. The normalized spacial score (nSPS) is 16.7. The number of aliphatic hydroxyl groups excluding tert-OH is 1. The molecular formula is C22H20FN3O4. The first kappa shape index (κ1) is 19.8.